The van der Waals surface area contributed by atoms with Gasteiger partial charge in [0.2, 0.25) is 0 Å². The first-order valence-electron chi connectivity index (χ1n) is 8.59. The van der Waals surface area contributed by atoms with Crippen molar-refractivity contribution in [2.75, 3.05) is 0 Å². The summed E-state index contributed by atoms with van der Waals surface area (Å²) in [6.07, 6.45) is 8.83. The number of alkyl halides is 2. The normalized spacial score (nSPS) is 36.4. The van der Waals surface area contributed by atoms with E-state index >= 15 is 0 Å². The highest BCUT2D eigenvalue weighted by Gasteiger charge is 2.53. The minimum atomic E-state index is -2.71. The number of nitrogens with zero attached hydrogens (tertiary/aromatic N) is 2. The largest absolute Gasteiger partial charge is 0.348 e. The van der Waals surface area contributed by atoms with Gasteiger partial charge in [-0.25, -0.2) is 4.68 Å². The lowest BCUT2D eigenvalue weighted by atomic mass is 9.48. The molecule has 0 spiro atoms. The zero-order valence-corrected chi connectivity index (χ0v) is 13.3. The van der Waals surface area contributed by atoms with Crippen molar-refractivity contribution in [1.29, 1.82) is 0 Å². The van der Waals surface area contributed by atoms with E-state index in [2.05, 4.69) is 17.3 Å². The molecule has 4 aliphatic carbocycles. The molecule has 0 saturated heterocycles. The van der Waals surface area contributed by atoms with Gasteiger partial charge in [-0.15, -0.1) is 0 Å². The first-order chi connectivity index (χ1) is 10.9. The van der Waals surface area contributed by atoms with Crippen LogP contribution in [-0.2, 0) is 0 Å². The van der Waals surface area contributed by atoms with Crippen molar-refractivity contribution in [3.8, 4) is 0 Å². The van der Waals surface area contributed by atoms with Gasteiger partial charge >= 0.3 is 6.55 Å². The summed E-state index contributed by atoms with van der Waals surface area (Å²) in [5.41, 5.74) is 0.275. The van der Waals surface area contributed by atoms with E-state index in [4.69, 9.17) is 0 Å². The van der Waals surface area contributed by atoms with Crippen LogP contribution in [0.3, 0.4) is 0 Å². The summed E-state index contributed by atoms with van der Waals surface area (Å²) in [5, 5.41) is 6.71. The van der Waals surface area contributed by atoms with E-state index < -0.39 is 6.55 Å². The quantitative estimate of drug-likeness (QED) is 0.920. The molecule has 6 heteroatoms. The fourth-order valence-electron chi connectivity index (χ4n) is 5.70. The predicted molar refractivity (Wildman–Crippen MR) is 81.0 cm³/mol. The number of nitrogens with one attached hydrogen (secondary N) is 1. The van der Waals surface area contributed by atoms with Gasteiger partial charge in [-0.2, -0.15) is 13.9 Å². The fourth-order valence-corrected chi connectivity index (χ4v) is 5.70. The second kappa shape index (κ2) is 5.28. The standard InChI is InChI=1S/C17H23F2N3O/c1-10(20-15(23)14-2-3-22(21-14)16(18)19)17-7-11-4-12(8-17)6-13(5-11)9-17/h2-3,10-13,16H,4-9H2,1H3,(H,20,23). The molecular weight excluding hydrogens is 300 g/mol. The molecular formula is C17H23F2N3O. The van der Waals surface area contributed by atoms with Crippen molar-refractivity contribution in [3.05, 3.63) is 18.0 Å². The van der Waals surface area contributed by atoms with Crippen LogP contribution in [-0.4, -0.2) is 21.7 Å². The molecule has 1 N–H and O–H groups in total. The third kappa shape index (κ3) is 2.56. The summed E-state index contributed by atoms with van der Waals surface area (Å²) in [6.45, 7) is -0.632. The zero-order chi connectivity index (χ0) is 16.2. The number of rotatable bonds is 4. The van der Waals surface area contributed by atoms with Gasteiger partial charge in [0.25, 0.3) is 5.91 Å². The van der Waals surface area contributed by atoms with Gasteiger partial charge in [-0.05, 0) is 74.7 Å². The van der Waals surface area contributed by atoms with E-state index in [9.17, 15) is 13.6 Å². The molecule has 23 heavy (non-hydrogen) atoms. The first-order valence-corrected chi connectivity index (χ1v) is 8.59. The molecule has 1 unspecified atom stereocenters. The molecule has 1 aromatic heterocycles. The third-order valence-corrected chi connectivity index (χ3v) is 6.39. The van der Waals surface area contributed by atoms with Crippen molar-refractivity contribution in [2.24, 2.45) is 23.2 Å². The Morgan fingerprint density at radius 1 is 1.26 bits per heavy atom. The number of hydrogen-bond donors (Lipinski definition) is 1. The van der Waals surface area contributed by atoms with Crippen molar-refractivity contribution in [3.63, 3.8) is 0 Å². The zero-order valence-electron chi connectivity index (χ0n) is 13.3. The molecule has 4 bridgehead atoms. The molecule has 5 rings (SSSR count). The predicted octanol–water partition coefficient (Wildman–Crippen LogP) is 3.61. The third-order valence-electron chi connectivity index (χ3n) is 6.39. The number of hydrogen-bond acceptors (Lipinski definition) is 2. The van der Waals surface area contributed by atoms with Crippen LogP contribution in [0.15, 0.2) is 12.3 Å². The Hall–Kier alpha value is -1.46. The molecule has 4 aliphatic rings. The van der Waals surface area contributed by atoms with Gasteiger partial charge < -0.3 is 5.32 Å². The van der Waals surface area contributed by atoms with Crippen LogP contribution >= 0.6 is 0 Å². The molecule has 126 valence electrons. The number of amides is 1. The molecule has 4 nitrogen and oxygen atoms in total. The van der Waals surface area contributed by atoms with Crippen LogP contribution in [0.4, 0.5) is 8.78 Å². The average Bonchev–Trinajstić information content (AvgIpc) is 2.95. The van der Waals surface area contributed by atoms with E-state index in [1.54, 1.807) is 0 Å². The number of carbonyl (C=O) groups is 1. The van der Waals surface area contributed by atoms with Gasteiger partial charge in [0.05, 0.1) is 0 Å². The Balaban J connectivity index is 1.47. The van der Waals surface area contributed by atoms with E-state index in [1.165, 1.54) is 44.6 Å². The van der Waals surface area contributed by atoms with Gasteiger partial charge in [-0.1, -0.05) is 0 Å². The van der Waals surface area contributed by atoms with Gasteiger partial charge in [0.1, 0.15) is 5.69 Å². The van der Waals surface area contributed by atoms with Crippen LogP contribution in [0.2, 0.25) is 0 Å². The summed E-state index contributed by atoms with van der Waals surface area (Å²) in [6, 6.07) is 1.42. The van der Waals surface area contributed by atoms with Crippen molar-refractivity contribution in [2.45, 2.75) is 58.0 Å². The molecule has 4 fully saturated rings. The fraction of sp³-hybridized carbons (Fsp3) is 0.765. The maximum absolute atomic E-state index is 12.6. The van der Waals surface area contributed by atoms with Gasteiger partial charge in [-0.3, -0.25) is 4.79 Å². The van der Waals surface area contributed by atoms with Crippen LogP contribution in [0.1, 0.15) is 62.5 Å². The Labute approximate surface area is 134 Å². The maximum Gasteiger partial charge on any atom is 0.333 e. The Morgan fingerprint density at radius 2 is 1.83 bits per heavy atom. The molecule has 1 aromatic rings. The molecule has 4 saturated carbocycles. The molecule has 1 atom stereocenters. The summed E-state index contributed by atoms with van der Waals surface area (Å²) >= 11 is 0. The minimum absolute atomic E-state index is 0.0695. The Morgan fingerprint density at radius 3 is 2.30 bits per heavy atom. The number of aromatic nitrogens is 2. The number of halogens is 2. The molecule has 0 radical (unpaired) electrons. The molecule has 0 aromatic carbocycles. The van der Waals surface area contributed by atoms with E-state index in [1.807, 2.05) is 0 Å². The minimum Gasteiger partial charge on any atom is -0.348 e. The van der Waals surface area contributed by atoms with Crippen LogP contribution in [0.5, 0.6) is 0 Å². The van der Waals surface area contributed by atoms with Crippen molar-refractivity contribution < 1.29 is 13.6 Å². The summed E-state index contributed by atoms with van der Waals surface area (Å²) in [5.74, 6) is 2.11. The highest BCUT2D eigenvalue weighted by atomic mass is 19.3. The lowest BCUT2D eigenvalue weighted by Gasteiger charge is -2.59. The topological polar surface area (TPSA) is 46.9 Å². The molecule has 1 heterocycles. The second-order valence-electron chi connectivity index (χ2n) is 7.93. The van der Waals surface area contributed by atoms with Crippen LogP contribution in [0, 0.1) is 23.2 Å². The van der Waals surface area contributed by atoms with Gasteiger partial charge in [0, 0.05) is 12.2 Å². The first kappa shape index (κ1) is 15.1. The lowest BCUT2D eigenvalue weighted by Crippen LogP contribution is -2.55. The van der Waals surface area contributed by atoms with Crippen LogP contribution < -0.4 is 5.32 Å². The SMILES string of the molecule is CC(NC(=O)c1ccn(C(F)F)n1)C12CC3CC(CC(C3)C1)C2. The average molecular weight is 323 g/mol. The highest BCUT2D eigenvalue weighted by Crippen LogP contribution is 2.61. The highest BCUT2D eigenvalue weighted by molar-refractivity contribution is 5.92. The monoisotopic (exact) mass is 323 g/mol. The van der Waals surface area contributed by atoms with E-state index in [-0.39, 0.29) is 23.1 Å². The molecule has 0 aliphatic heterocycles. The summed E-state index contributed by atoms with van der Waals surface area (Å²) in [7, 11) is 0. The number of carbonyl (C=O) groups excluding carboxylic acids is 1. The van der Waals surface area contributed by atoms with Gasteiger partial charge in [0.15, 0.2) is 0 Å². The summed E-state index contributed by atoms with van der Waals surface area (Å²) < 4.78 is 25.7. The Kier molecular flexibility index (Phi) is 3.46. The second-order valence-corrected chi connectivity index (χ2v) is 7.93. The van der Waals surface area contributed by atoms with E-state index in [0.29, 0.717) is 4.68 Å². The maximum atomic E-state index is 12.6. The summed E-state index contributed by atoms with van der Waals surface area (Å²) in [4.78, 5) is 12.4. The lowest BCUT2D eigenvalue weighted by molar-refractivity contribution is -0.0688. The van der Waals surface area contributed by atoms with Crippen molar-refractivity contribution in [1.82, 2.24) is 15.1 Å². The van der Waals surface area contributed by atoms with Crippen LogP contribution in [0.25, 0.3) is 0 Å². The smallest absolute Gasteiger partial charge is 0.333 e. The van der Waals surface area contributed by atoms with E-state index in [0.717, 1.165) is 24.0 Å². The molecule has 1 amide bonds. The van der Waals surface area contributed by atoms with Crippen molar-refractivity contribution >= 4 is 5.91 Å². The Bertz CT molecular complexity index is 577.